The van der Waals surface area contributed by atoms with Gasteiger partial charge in [0, 0.05) is 28.9 Å². The third-order valence-corrected chi connectivity index (χ3v) is 5.35. The van der Waals surface area contributed by atoms with Crippen LogP contribution in [-0.2, 0) is 6.54 Å². The topological polar surface area (TPSA) is 97.6 Å². The maximum atomic E-state index is 15.8. The third kappa shape index (κ3) is 5.66. The predicted molar refractivity (Wildman–Crippen MR) is 139 cm³/mol. The van der Waals surface area contributed by atoms with Crippen LogP contribution in [-0.4, -0.2) is 23.5 Å². The number of aromatic nitrogens is 1. The fourth-order valence-electron chi connectivity index (χ4n) is 3.74. The summed E-state index contributed by atoms with van der Waals surface area (Å²) in [7, 11) is 0. The van der Waals surface area contributed by atoms with Gasteiger partial charge in [-0.2, -0.15) is 0 Å². The zero-order chi connectivity index (χ0) is 25.7. The van der Waals surface area contributed by atoms with E-state index in [4.69, 9.17) is 25.0 Å². The summed E-state index contributed by atoms with van der Waals surface area (Å²) in [6.07, 6.45) is 1.43. The van der Waals surface area contributed by atoms with Gasteiger partial charge in [-0.3, -0.25) is 5.41 Å². The summed E-state index contributed by atoms with van der Waals surface area (Å²) in [5.74, 6) is 1.01. The molecule has 0 aliphatic heterocycles. The van der Waals surface area contributed by atoms with E-state index < -0.39 is 5.82 Å². The quantitative estimate of drug-likeness (QED) is 0.201. The molecule has 8 heteroatoms. The van der Waals surface area contributed by atoms with Crippen molar-refractivity contribution in [3.05, 3.63) is 90.2 Å². The van der Waals surface area contributed by atoms with Crippen molar-refractivity contribution in [2.24, 2.45) is 5.73 Å². The first-order chi connectivity index (χ1) is 17.4. The lowest BCUT2D eigenvalue weighted by Gasteiger charge is -2.26. The molecular formula is C28H29FN4O3. The highest BCUT2D eigenvalue weighted by atomic mass is 19.1. The monoisotopic (exact) mass is 488 g/mol. The maximum Gasteiger partial charge on any atom is 0.214 e. The Hall–Kier alpha value is -4.33. The van der Waals surface area contributed by atoms with E-state index in [0.29, 0.717) is 35.3 Å². The Morgan fingerprint density at radius 3 is 2.47 bits per heavy atom. The summed E-state index contributed by atoms with van der Waals surface area (Å²) in [4.78, 5) is 6.17. The number of rotatable bonds is 10. The number of ether oxygens (including phenoxy) is 2. The molecule has 0 unspecified atom stereocenters. The molecule has 0 fully saturated rings. The molecule has 186 valence electrons. The van der Waals surface area contributed by atoms with E-state index in [-0.39, 0.29) is 29.9 Å². The van der Waals surface area contributed by atoms with Crippen molar-refractivity contribution in [1.29, 1.82) is 5.41 Å². The molecule has 3 N–H and O–H groups in total. The molecule has 1 aromatic heterocycles. The Morgan fingerprint density at radius 2 is 1.83 bits per heavy atom. The van der Waals surface area contributed by atoms with Crippen LogP contribution < -0.4 is 20.1 Å². The summed E-state index contributed by atoms with van der Waals surface area (Å²) >= 11 is 0. The first-order valence-electron chi connectivity index (χ1n) is 11.7. The molecular weight excluding hydrogens is 459 g/mol. The van der Waals surface area contributed by atoms with E-state index in [9.17, 15) is 0 Å². The first kappa shape index (κ1) is 24.8. The molecule has 3 aromatic carbocycles. The second-order valence-corrected chi connectivity index (χ2v) is 8.39. The minimum atomic E-state index is -0.530. The summed E-state index contributed by atoms with van der Waals surface area (Å²) in [6.45, 7) is 6.09. The standard InChI is InChI=1S/C28H29FN4O3/c1-4-34-22-14-23(27(29)24(15-22)35-18(2)3)33(21-12-10-20(11-13-21)28(30)31)17-26-32-16-25(36-26)19-8-6-5-7-9-19/h5-16,18H,4,17H2,1-3H3,(H3,30,31). The molecule has 0 saturated carbocycles. The summed E-state index contributed by atoms with van der Waals surface area (Å²) in [5, 5.41) is 7.69. The van der Waals surface area contributed by atoms with Crippen LogP contribution in [0, 0.1) is 11.2 Å². The number of nitrogens with one attached hydrogen (secondary N) is 1. The lowest BCUT2D eigenvalue weighted by Crippen LogP contribution is -2.20. The fraction of sp³-hybridized carbons (Fsp3) is 0.214. The van der Waals surface area contributed by atoms with Gasteiger partial charge in [-0.15, -0.1) is 0 Å². The highest BCUT2D eigenvalue weighted by molar-refractivity contribution is 5.95. The molecule has 7 nitrogen and oxygen atoms in total. The number of halogens is 1. The van der Waals surface area contributed by atoms with Gasteiger partial charge in [0.1, 0.15) is 11.6 Å². The average molecular weight is 489 g/mol. The van der Waals surface area contributed by atoms with Gasteiger partial charge >= 0.3 is 0 Å². The summed E-state index contributed by atoms with van der Waals surface area (Å²) < 4.78 is 33.3. The van der Waals surface area contributed by atoms with Crippen molar-refractivity contribution in [3.8, 4) is 22.8 Å². The van der Waals surface area contributed by atoms with E-state index in [1.54, 1.807) is 47.5 Å². The lowest BCUT2D eigenvalue weighted by atomic mass is 10.1. The van der Waals surface area contributed by atoms with Crippen LogP contribution in [0.1, 0.15) is 32.2 Å². The van der Waals surface area contributed by atoms with Crippen molar-refractivity contribution in [3.63, 3.8) is 0 Å². The van der Waals surface area contributed by atoms with Gasteiger partial charge in [0.25, 0.3) is 0 Å². The van der Waals surface area contributed by atoms with Crippen molar-refractivity contribution in [2.45, 2.75) is 33.4 Å². The molecule has 0 bridgehead atoms. The highest BCUT2D eigenvalue weighted by Gasteiger charge is 2.23. The van der Waals surface area contributed by atoms with Gasteiger partial charge in [0.05, 0.1) is 31.1 Å². The predicted octanol–water partition coefficient (Wildman–Crippen LogP) is 6.29. The van der Waals surface area contributed by atoms with E-state index in [1.807, 2.05) is 51.1 Å². The first-order valence-corrected chi connectivity index (χ1v) is 11.7. The second kappa shape index (κ2) is 10.9. The molecule has 0 aliphatic carbocycles. The number of nitrogens with zero attached hydrogens (tertiary/aromatic N) is 2. The Labute approximate surface area is 209 Å². The van der Waals surface area contributed by atoms with Gasteiger partial charge in [0.2, 0.25) is 5.89 Å². The van der Waals surface area contributed by atoms with Crippen molar-refractivity contribution in [2.75, 3.05) is 11.5 Å². The minimum absolute atomic E-state index is 0.0505. The van der Waals surface area contributed by atoms with Crippen LogP contribution in [0.2, 0.25) is 0 Å². The van der Waals surface area contributed by atoms with Gasteiger partial charge in [0.15, 0.2) is 17.3 Å². The van der Waals surface area contributed by atoms with Crippen molar-refractivity contribution >= 4 is 17.2 Å². The molecule has 0 spiro atoms. The Balaban J connectivity index is 1.79. The van der Waals surface area contributed by atoms with Crippen LogP contribution in [0.3, 0.4) is 0 Å². The Morgan fingerprint density at radius 1 is 1.11 bits per heavy atom. The Bertz CT molecular complexity index is 1320. The number of amidine groups is 1. The normalized spacial score (nSPS) is 10.9. The molecule has 0 radical (unpaired) electrons. The van der Waals surface area contributed by atoms with E-state index >= 15 is 4.39 Å². The number of hydrogen-bond acceptors (Lipinski definition) is 6. The van der Waals surface area contributed by atoms with Crippen molar-refractivity contribution in [1.82, 2.24) is 4.98 Å². The fourth-order valence-corrected chi connectivity index (χ4v) is 3.74. The molecule has 0 amide bonds. The smallest absolute Gasteiger partial charge is 0.214 e. The zero-order valence-corrected chi connectivity index (χ0v) is 20.5. The lowest BCUT2D eigenvalue weighted by molar-refractivity contribution is 0.229. The average Bonchev–Trinajstić information content (AvgIpc) is 3.34. The van der Waals surface area contributed by atoms with E-state index in [2.05, 4.69) is 4.98 Å². The molecule has 4 aromatic rings. The van der Waals surface area contributed by atoms with Crippen molar-refractivity contribution < 1.29 is 18.3 Å². The van der Waals surface area contributed by atoms with Gasteiger partial charge < -0.3 is 24.5 Å². The number of anilines is 2. The largest absolute Gasteiger partial charge is 0.494 e. The molecule has 4 rings (SSSR count). The van der Waals surface area contributed by atoms with E-state index in [1.165, 1.54) is 0 Å². The number of benzene rings is 3. The number of nitrogen functional groups attached to an aromatic ring is 1. The number of hydrogen-bond donors (Lipinski definition) is 2. The second-order valence-electron chi connectivity index (χ2n) is 8.39. The van der Waals surface area contributed by atoms with Crippen LogP contribution >= 0.6 is 0 Å². The van der Waals surface area contributed by atoms with Gasteiger partial charge in [-0.05, 0) is 45.0 Å². The van der Waals surface area contributed by atoms with Crippen LogP contribution in [0.25, 0.3) is 11.3 Å². The van der Waals surface area contributed by atoms with E-state index in [0.717, 1.165) is 5.56 Å². The number of oxazole rings is 1. The molecule has 0 aliphatic rings. The third-order valence-electron chi connectivity index (χ3n) is 5.35. The SMILES string of the molecule is CCOc1cc(OC(C)C)c(F)c(N(Cc2ncc(-c3ccccc3)o2)c2ccc(C(=N)N)cc2)c1. The highest BCUT2D eigenvalue weighted by Crippen LogP contribution is 2.38. The van der Waals surface area contributed by atoms with Gasteiger partial charge in [-0.1, -0.05) is 30.3 Å². The maximum absolute atomic E-state index is 15.8. The van der Waals surface area contributed by atoms with Crippen LogP contribution in [0.5, 0.6) is 11.5 Å². The summed E-state index contributed by atoms with van der Waals surface area (Å²) in [5.41, 5.74) is 7.98. The molecule has 1 heterocycles. The van der Waals surface area contributed by atoms with Crippen LogP contribution in [0.15, 0.2) is 77.3 Å². The van der Waals surface area contributed by atoms with Gasteiger partial charge in [-0.25, -0.2) is 9.37 Å². The summed E-state index contributed by atoms with van der Waals surface area (Å²) in [6, 6.07) is 19.8. The Kier molecular flexibility index (Phi) is 7.53. The van der Waals surface area contributed by atoms with Crippen LogP contribution in [0.4, 0.5) is 15.8 Å². The molecule has 0 saturated heterocycles. The number of nitrogens with two attached hydrogens (primary N) is 1. The zero-order valence-electron chi connectivity index (χ0n) is 20.5. The molecule has 36 heavy (non-hydrogen) atoms. The minimum Gasteiger partial charge on any atom is -0.494 e. The molecule has 0 atom stereocenters.